The summed E-state index contributed by atoms with van der Waals surface area (Å²) in [5, 5.41) is 2.92. The fourth-order valence-corrected chi connectivity index (χ4v) is 4.64. The molecular formula is C28H60N2O6P+. The molecule has 0 saturated heterocycles. The van der Waals surface area contributed by atoms with Crippen LogP contribution in [0.2, 0.25) is 0 Å². The first-order valence-electron chi connectivity index (χ1n) is 14.9. The lowest BCUT2D eigenvalue weighted by atomic mass is 10.1. The summed E-state index contributed by atoms with van der Waals surface area (Å²) in [6, 6.07) is -0.492. The Morgan fingerprint density at radius 3 is 1.81 bits per heavy atom. The Bertz CT molecular complexity index is 586. The Kier molecular flexibility index (Phi) is 23.1. The van der Waals surface area contributed by atoms with E-state index in [4.69, 9.17) is 13.8 Å². The van der Waals surface area contributed by atoms with Crippen molar-refractivity contribution >= 4 is 13.7 Å². The quantitative estimate of drug-likeness (QED) is 0.0675. The van der Waals surface area contributed by atoms with E-state index in [2.05, 4.69) is 19.2 Å². The van der Waals surface area contributed by atoms with Gasteiger partial charge in [0.05, 0.1) is 40.4 Å². The van der Waals surface area contributed by atoms with Gasteiger partial charge in [-0.1, -0.05) is 97.3 Å². The number of nitrogens with one attached hydrogen (secondary N) is 1. The van der Waals surface area contributed by atoms with Crippen molar-refractivity contribution in [3.63, 3.8) is 0 Å². The number of hydrogen-bond donors (Lipinski definition) is 2. The molecule has 0 aliphatic rings. The Balaban J connectivity index is 4.33. The number of amides is 1. The molecule has 0 spiro atoms. The van der Waals surface area contributed by atoms with Crippen molar-refractivity contribution < 1.29 is 32.5 Å². The molecule has 0 saturated carbocycles. The molecule has 222 valence electrons. The predicted molar refractivity (Wildman–Crippen MR) is 153 cm³/mol. The second-order valence-electron chi connectivity index (χ2n) is 11.3. The van der Waals surface area contributed by atoms with Crippen molar-refractivity contribution in [1.82, 2.24) is 5.32 Å². The van der Waals surface area contributed by atoms with Crippen LogP contribution in [0, 0.1) is 0 Å². The van der Waals surface area contributed by atoms with E-state index in [0.717, 1.165) is 32.1 Å². The van der Waals surface area contributed by atoms with Crippen LogP contribution in [-0.2, 0) is 23.1 Å². The number of phosphoric ester groups is 1. The summed E-state index contributed by atoms with van der Waals surface area (Å²) < 4.78 is 29.0. The molecule has 2 atom stereocenters. The number of quaternary nitrogens is 1. The molecule has 2 N–H and O–H groups in total. The summed E-state index contributed by atoms with van der Waals surface area (Å²) >= 11 is 0. The van der Waals surface area contributed by atoms with Crippen LogP contribution in [0.5, 0.6) is 0 Å². The Morgan fingerprint density at radius 2 is 1.27 bits per heavy atom. The molecule has 9 heteroatoms. The third-order valence-corrected chi connectivity index (χ3v) is 7.27. The minimum absolute atomic E-state index is 0.0774. The number of nitrogens with zero attached hydrogens (tertiary/aromatic N) is 1. The Labute approximate surface area is 228 Å². The van der Waals surface area contributed by atoms with E-state index in [1.54, 1.807) is 0 Å². The Morgan fingerprint density at radius 1 is 0.757 bits per heavy atom. The number of rotatable bonds is 27. The van der Waals surface area contributed by atoms with Crippen LogP contribution in [0.1, 0.15) is 117 Å². The zero-order valence-electron chi connectivity index (χ0n) is 24.8. The third-order valence-electron chi connectivity index (χ3n) is 6.29. The maximum atomic E-state index is 12.4. The summed E-state index contributed by atoms with van der Waals surface area (Å²) in [6.45, 7) is 5.83. The summed E-state index contributed by atoms with van der Waals surface area (Å²) in [4.78, 5) is 22.5. The highest BCUT2D eigenvalue weighted by Gasteiger charge is 2.25. The third kappa shape index (κ3) is 26.9. The second kappa shape index (κ2) is 23.4. The van der Waals surface area contributed by atoms with Crippen LogP contribution >= 0.6 is 7.82 Å². The molecule has 0 aromatic rings. The fraction of sp³-hybridized carbons (Fsp3) is 0.964. The zero-order valence-corrected chi connectivity index (χ0v) is 25.7. The molecule has 0 radical (unpaired) electrons. The van der Waals surface area contributed by atoms with Gasteiger partial charge in [-0.3, -0.25) is 13.8 Å². The van der Waals surface area contributed by atoms with Gasteiger partial charge in [0.15, 0.2) is 0 Å². The molecular weight excluding hydrogens is 493 g/mol. The van der Waals surface area contributed by atoms with Crippen molar-refractivity contribution in [2.24, 2.45) is 0 Å². The maximum absolute atomic E-state index is 12.4. The molecule has 0 aliphatic carbocycles. The van der Waals surface area contributed by atoms with Crippen molar-refractivity contribution in [1.29, 1.82) is 0 Å². The molecule has 8 nitrogen and oxygen atoms in total. The fourth-order valence-electron chi connectivity index (χ4n) is 3.89. The first-order chi connectivity index (χ1) is 17.6. The van der Waals surface area contributed by atoms with Crippen LogP contribution in [0.25, 0.3) is 0 Å². The highest BCUT2D eigenvalue weighted by molar-refractivity contribution is 7.47. The molecule has 37 heavy (non-hydrogen) atoms. The first-order valence-corrected chi connectivity index (χ1v) is 16.4. The van der Waals surface area contributed by atoms with Gasteiger partial charge in [0, 0.05) is 13.0 Å². The van der Waals surface area contributed by atoms with Gasteiger partial charge in [-0.2, -0.15) is 0 Å². The monoisotopic (exact) mass is 553 g/mol. The van der Waals surface area contributed by atoms with E-state index in [-0.39, 0.29) is 25.7 Å². The molecule has 1 unspecified atom stereocenters. The number of phosphoric acid groups is 1. The number of carbonyl (C=O) groups is 1. The minimum atomic E-state index is -4.20. The molecule has 1 amide bonds. The van der Waals surface area contributed by atoms with Gasteiger partial charge in [-0.15, -0.1) is 0 Å². The average molecular weight is 554 g/mol. The first kappa shape index (κ1) is 36.5. The lowest BCUT2D eigenvalue weighted by Gasteiger charge is -2.24. The second-order valence-corrected chi connectivity index (χ2v) is 12.8. The standard InChI is InChI=1S/C28H59N2O6P/c1-6-8-10-12-13-14-15-16-18-20-23-34-25-27(29-28(31)21-19-17-11-9-7-2)26-36-37(32,33)35-24-22-30(3,4)5/h27H,6-26H2,1-5H3,(H-,29,31,32,33)/p+1/t27-/m0/s1/i28+2. The number of carbonyl (C=O) groups excluding carboxylic acids is 1. The van der Waals surface area contributed by atoms with E-state index >= 15 is 0 Å². The van der Waals surface area contributed by atoms with Crippen LogP contribution < -0.4 is 5.32 Å². The summed E-state index contributed by atoms with van der Waals surface area (Å²) in [7, 11) is 1.74. The predicted octanol–water partition coefficient (Wildman–Crippen LogP) is 6.61. The Hall–Kier alpha value is -0.500. The molecule has 0 fully saturated rings. The van der Waals surface area contributed by atoms with Gasteiger partial charge in [0.1, 0.15) is 13.2 Å². The number of ether oxygens (including phenoxy) is 1. The van der Waals surface area contributed by atoms with Gasteiger partial charge >= 0.3 is 7.82 Å². The van der Waals surface area contributed by atoms with E-state index in [1.807, 2.05) is 21.1 Å². The van der Waals surface area contributed by atoms with Crippen molar-refractivity contribution in [3.8, 4) is 0 Å². The van der Waals surface area contributed by atoms with Gasteiger partial charge in [0.2, 0.25) is 5.91 Å². The molecule has 0 rings (SSSR count). The normalized spacial score (nSPS) is 14.4. The summed E-state index contributed by atoms with van der Waals surface area (Å²) in [5.41, 5.74) is 0. The van der Waals surface area contributed by atoms with Crippen LogP contribution in [-0.4, -0.2) is 75.4 Å². The van der Waals surface area contributed by atoms with Crippen molar-refractivity contribution in [3.05, 3.63) is 0 Å². The van der Waals surface area contributed by atoms with Gasteiger partial charge in [0.25, 0.3) is 0 Å². The summed E-state index contributed by atoms with van der Waals surface area (Å²) in [5.74, 6) is -0.0774. The lowest BCUT2D eigenvalue weighted by molar-refractivity contribution is -0.870. The zero-order chi connectivity index (χ0) is 27.8. The minimum Gasteiger partial charge on any atom is -0.379 e. The molecule has 0 aromatic heterocycles. The topological polar surface area (TPSA) is 94.1 Å². The highest BCUT2D eigenvalue weighted by Crippen LogP contribution is 2.43. The van der Waals surface area contributed by atoms with Crippen LogP contribution in [0.3, 0.4) is 0 Å². The van der Waals surface area contributed by atoms with Crippen molar-refractivity contribution in [2.75, 3.05) is 54.1 Å². The van der Waals surface area contributed by atoms with Crippen molar-refractivity contribution in [2.45, 2.75) is 123 Å². The average Bonchev–Trinajstić information content (AvgIpc) is 2.82. The molecule has 0 aliphatic heterocycles. The number of likely N-dealkylation sites (N-methyl/N-ethyl adjacent to an activating group) is 1. The maximum Gasteiger partial charge on any atom is 0.472 e. The van der Waals surface area contributed by atoms with E-state index in [1.165, 1.54) is 64.2 Å². The van der Waals surface area contributed by atoms with Gasteiger partial charge in [-0.25, -0.2) is 4.57 Å². The lowest BCUT2D eigenvalue weighted by Crippen LogP contribution is -2.41. The number of hydrogen-bond acceptors (Lipinski definition) is 5. The van der Waals surface area contributed by atoms with Crippen LogP contribution in [0.4, 0.5) is 0 Å². The van der Waals surface area contributed by atoms with E-state index in [9.17, 15) is 14.3 Å². The number of unbranched alkanes of at least 4 members (excludes halogenated alkanes) is 13. The smallest absolute Gasteiger partial charge is 0.379 e. The summed E-state index contributed by atoms with van der Waals surface area (Å²) in [6.07, 6.45) is 18.4. The largest absolute Gasteiger partial charge is 0.472 e. The molecule has 0 bridgehead atoms. The van der Waals surface area contributed by atoms with E-state index in [0.29, 0.717) is 24.1 Å². The highest BCUT2D eigenvalue weighted by atomic mass is 31.2. The van der Waals surface area contributed by atoms with E-state index < -0.39 is 13.9 Å². The van der Waals surface area contributed by atoms with Gasteiger partial charge in [-0.05, 0) is 12.8 Å². The molecule has 0 heterocycles. The molecule has 0 aromatic carbocycles. The van der Waals surface area contributed by atoms with Crippen LogP contribution in [0.15, 0.2) is 0 Å². The SMILES string of the molecule is CCCCCCCCCCCCOC[C@@H](COP(=O)(O)OCC[N+](C)(C)C)N[14C](=O)CCCCCCC. The van der Waals surface area contributed by atoms with Gasteiger partial charge < -0.3 is 19.4 Å².